The van der Waals surface area contributed by atoms with Crippen molar-refractivity contribution in [3.63, 3.8) is 0 Å². The van der Waals surface area contributed by atoms with Gasteiger partial charge in [0.1, 0.15) is 17.2 Å². The Morgan fingerprint density at radius 3 is 2.84 bits per heavy atom. The van der Waals surface area contributed by atoms with Crippen molar-refractivity contribution in [2.24, 2.45) is 0 Å². The summed E-state index contributed by atoms with van der Waals surface area (Å²) in [4.78, 5) is 12.8. The summed E-state index contributed by atoms with van der Waals surface area (Å²) in [6, 6.07) is 0.889. The fourth-order valence-electron chi connectivity index (χ4n) is 2.92. The number of carbonyl (C=O) groups excluding carboxylic acids is 1. The SMILES string of the molecule is CCOC1CCSc2c(F)cc(C(=O)c3cnn(CC)c3O)c(F)c21. The lowest BCUT2D eigenvalue weighted by Gasteiger charge is -2.26. The lowest BCUT2D eigenvalue weighted by atomic mass is 9.97. The van der Waals surface area contributed by atoms with Gasteiger partial charge in [0.15, 0.2) is 0 Å². The summed E-state index contributed by atoms with van der Waals surface area (Å²) in [6.07, 6.45) is 1.11. The van der Waals surface area contributed by atoms with E-state index in [0.717, 1.165) is 12.3 Å². The zero-order chi connectivity index (χ0) is 18.1. The molecule has 0 saturated heterocycles. The fourth-order valence-corrected chi connectivity index (χ4v) is 4.03. The van der Waals surface area contributed by atoms with Gasteiger partial charge in [0, 0.05) is 24.5 Å². The number of hydrogen-bond acceptors (Lipinski definition) is 5. The number of halogens is 2. The van der Waals surface area contributed by atoms with Crippen LogP contribution in [0, 0.1) is 11.6 Å². The lowest BCUT2D eigenvalue weighted by molar-refractivity contribution is 0.0541. The van der Waals surface area contributed by atoms with Gasteiger partial charge in [-0.25, -0.2) is 13.5 Å². The Morgan fingerprint density at radius 2 is 2.20 bits per heavy atom. The van der Waals surface area contributed by atoms with E-state index in [1.807, 2.05) is 0 Å². The molecule has 1 aromatic carbocycles. The van der Waals surface area contributed by atoms with E-state index in [0.29, 0.717) is 25.3 Å². The number of aromatic hydroxyl groups is 1. The largest absolute Gasteiger partial charge is 0.493 e. The van der Waals surface area contributed by atoms with Gasteiger partial charge in [-0.2, -0.15) is 5.10 Å². The molecule has 0 aliphatic carbocycles. The number of thioether (sulfide) groups is 1. The number of fused-ring (bicyclic) bond motifs is 1. The van der Waals surface area contributed by atoms with E-state index < -0.39 is 29.1 Å². The highest BCUT2D eigenvalue weighted by Crippen LogP contribution is 2.42. The molecular formula is C17H18F2N2O3S. The Balaban J connectivity index is 2.11. The van der Waals surface area contributed by atoms with E-state index >= 15 is 4.39 Å². The van der Waals surface area contributed by atoms with Crippen LogP contribution in [0.25, 0.3) is 0 Å². The third-order valence-corrected chi connectivity index (χ3v) is 5.27. The van der Waals surface area contributed by atoms with Crippen LogP contribution in [0.1, 0.15) is 47.9 Å². The van der Waals surface area contributed by atoms with Crippen molar-refractivity contribution in [1.29, 1.82) is 0 Å². The number of aromatic nitrogens is 2. The molecule has 8 heteroatoms. The van der Waals surface area contributed by atoms with Gasteiger partial charge in [-0.3, -0.25) is 4.79 Å². The van der Waals surface area contributed by atoms with Crippen molar-refractivity contribution in [2.45, 2.75) is 37.8 Å². The predicted molar refractivity (Wildman–Crippen MR) is 89.1 cm³/mol. The topological polar surface area (TPSA) is 64.3 Å². The van der Waals surface area contributed by atoms with Crippen LogP contribution < -0.4 is 0 Å². The summed E-state index contributed by atoms with van der Waals surface area (Å²) in [7, 11) is 0. The van der Waals surface area contributed by atoms with Crippen molar-refractivity contribution in [2.75, 3.05) is 12.4 Å². The Labute approximate surface area is 148 Å². The van der Waals surface area contributed by atoms with Gasteiger partial charge >= 0.3 is 0 Å². The first-order valence-electron chi connectivity index (χ1n) is 8.05. The van der Waals surface area contributed by atoms with Crippen LogP contribution in [0.15, 0.2) is 17.2 Å². The third-order valence-electron chi connectivity index (χ3n) is 4.12. The molecule has 1 atom stereocenters. The highest BCUT2D eigenvalue weighted by Gasteiger charge is 2.32. The van der Waals surface area contributed by atoms with Crippen LogP contribution >= 0.6 is 11.8 Å². The minimum Gasteiger partial charge on any atom is -0.493 e. The van der Waals surface area contributed by atoms with Crippen LogP contribution in [0.5, 0.6) is 5.88 Å². The van der Waals surface area contributed by atoms with Crippen LogP contribution in [-0.2, 0) is 11.3 Å². The summed E-state index contributed by atoms with van der Waals surface area (Å²) in [5.41, 5.74) is -0.491. The van der Waals surface area contributed by atoms with Gasteiger partial charge in [0.05, 0.1) is 22.8 Å². The molecular weight excluding hydrogens is 350 g/mol. The molecule has 1 aliphatic rings. The standard InChI is InChI=1S/C17H18F2N2O3S/c1-3-21-17(23)10(8-20-21)15(22)9-7-11(18)16-13(14(9)19)12(24-4-2)5-6-25-16/h7-8,12,23H,3-6H2,1-2H3. The maximum Gasteiger partial charge on any atom is 0.220 e. The third kappa shape index (κ3) is 3.04. The molecule has 2 heterocycles. The van der Waals surface area contributed by atoms with E-state index in [-0.39, 0.29) is 21.9 Å². The number of hydrogen-bond donors (Lipinski definition) is 1. The molecule has 3 rings (SSSR count). The minimum atomic E-state index is -0.803. The molecule has 0 saturated carbocycles. The summed E-state index contributed by atoms with van der Waals surface area (Å²) in [6.45, 7) is 4.23. The smallest absolute Gasteiger partial charge is 0.220 e. The molecule has 134 valence electrons. The van der Waals surface area contributed by atoms with Crippen LogP contribution in [0.4, 0.5) is 8.78 Å². The molecule has 1 aliphatic heterocycles. The Bertz CT molecular complexity index is 823. The quantitative estimate of drug-likeness (QED) is 0.816. The monoisotopic (exact) mass is 368 g/mol. The van der Waals surface area contributed by atoms with E-state index in [4.69, 9.17) is 4.74 Å². The van der Waals surface area contributed by atoms with Crippen molar-refractivity contribution < 1.29 is 23.4 Å². The Morgan fingerprint density at radius 1 is 1.44 bits per heavy atom. The van der Waals surface area contributed by atoms with Crippen LogP contribution in [-0.4, -0.2) is 33.0 Å². The van der Waals surface area contributed by atoms with Crippen molar-refractivity contribution >= 4 is 17.5 Å². The number of nitrogens with zero attached hydrogens (tertiary/aromatic N) is 2. The zero-order valence-electron chi connectivity index (χ0n) is 13.9. The van der Waals surface area contributed by atoms with Crippen molar-refractivity contribution in [1.82, 2.24) is 9.78 Å². The van der Waals surface area contributed by atoms with E-state index in [9.17, 15) is 14.3 Å². The first kappa shape index (κ1) is 17.9. The molecule has 25 heavy (non-hydrogen) atoms. The van der Waals surface area contributed by atoms with Gasteiger partial charge in [-0.1, -0.05) is 0 Å². The average molecular weight is 368 g/mol. The highest BCUT2D eigenvalue weighted by molar-refractivity contribution is 7.99. The maximum absolute atomic E-state index is 15.1. The second kappa shape index (κ2) is 7.13. The highest BCUT2D eigenvalue weighted by atomic mass is 32.2. The molecule has 0 bridgehead atoms. The molecule has 0 radical (unpaired) electrons. The van der Waals surface area contributed by atoms with Gasteiger partial charge in [0.25, 0.3) is 0 Å². The lowest BCUT2D eigenvalue weighted by Crippen LogP contribution is -2.17. The molecule has 1 unspecified atom stereocenters. The van der Waals surface area contributed by atoms with Crippen molar-refractivity contribution in [3.8, 4) is 5.88 Å². The first-order valence-corrected chi connectivity index (χ1v) is 9.03. The maximum atomic E-state index is 15.1. The number of carbonyl (C=O) groups is 1. The fraction of sp³-hybridized carbons (Fsp3) is 0.412. The molecule has 0 amide bonds. The number of ether oxygens (including phenoxy) is 1. The van der Waals surface area contributed by atoms with Gasteiger partial charge in [0.2, 0.25) is 11.7 Å². The summed E-state index contributed by atoms with van der Waals surface area (Å²) < 4.78 is 36.3. The number of benzene rings is 1. The first-order chi connectivity index (χ1) is 12.0. The molecule has 5 nitrogen and oxygen atoms in total. The Kier molecular flexibility index (Phi) is 5.10. The van der Waals surface area contributed by atoms with E-state index in [1.54, 1.807) is 13.8 Å². The van der Waals surface area contributed by atoms with Crippen molar-refractivity contribution in [3.05, 3.63) is 40.6 Å². The normalized spacial score (nSPS) is 16.7. The molecule has 0 spiro atoms. The predicted octanol–water partition coefficient (Wildman–Crippen LogP) is 3.69. The van der Waals surface area contributed by atoms with Gasteiger partial charge in [-0.15, -0.1) is 11.8 Å². The molecule has 2 aromatic rings. The van der Waals surface area contributed by atoms with Gasteiger partial charge in [-0.05, 0) is 26.3 Å². The second-order valence-electron chi connectivity index (χ2n) is 5.57. The summed E-state index contributed by atoms with van der Waals surface area (Å²) >= 11 is 1.21. The molecule has 0 fully saturated rings. The average Bonchev–Trinajstić information content (AvgIpc) is 2.98. The minimum absolute atomic E-state index is 0.0869. The Hall–Kier alpha value is -1.93. The van der Waals surface area contributed by atoms with Gasteiger partial charge < -0.3 is 9.84 Å². The number of rotatable bonds is 5. The van der Waals surface area contributed by atoms with E-state index in [2.05, 4.69) is 5.10 Å². The summed E-state index contributed by atoms with van der Waals surface area (Å²) in [5, 5.41) is 13.9. The van der Waals surface area contributed by atoms with Crippen LogP contribution in [0.3, 0.4) is 0 Å². The zero-order valence-corrected chi connectivity index (χ0v) is 14.7. The van der Waals surface area contributed by atoms with E-state index in [1.165, 1.54) is 16.4 Å². The summed E-state index contributed by atoms with van der Waals surface area (Å²) in [5.74, 6) is -2.00. The van der Waals surface area contributed by atoms with Crippen LogP contribution in [0.2, 0.25) is 0 Å². The molecule has 1 N–H and O–H groups in total. The number of aryl methyl sites for hydroxylation is 1. The second-order valence-corrected chi connectivity index (χ2v) is 6.68. The number of ketones is 1. The molecule has 1 aromatic heterocycles.